The van der Waals surface area contributed by atoms with E-state index in [0.717, 1.165) is 0 Å². The summed E-state index contributed by atoms with van der Waals surface area (Å²) in [7, 11) is 0. The number of benzene rings is 1. The fourth-order valence-electron chi connectivity index (χ4n) is 2.06. The third kappa shape index (κ3) is 6.25. The zero-order valence-corrected chi connectivity index (χ0v) is 13.1. The van der Waals surface area contributed by atoms with E-state index in [1.807, 2.05) is 20.8 Å². The van der Waals surface area contributed by atoms with E-state index < -0.39 is 0 Å². The predicted molar refractivity (Wildman–Crippen MR) is 82.4 cm³/mol. The minimum atomic E-state index is -0.390. The number of halogens is 1. The molecule has 0 aliphatic heterocycles. The van der Waals surface area contributed by atoms with Gasteiger partial charge in [0.25, 0.3) is 0 Å². The van der Waals surface area contributed by atoms with Gasteiger partial charge in [-0.15, -0.1) is 0 Å². The van der Waals surface area contributed by atoms with Gasteiger partial charge in [0.1, 0.15) is 5.82 Å². The van der Waals surface area contributed by atoms with Gasteiger partial charge >= 0.3 is 0 Å². The maximum absolute atomic E-state index is 13.5. The lowest BCUT2D eigenvalue weighted by Gasteiger charge is -2.16. The minimum Gasteiger partial charge on any atom is -0.393 e. The zero-order valence-electron chi connectivity index (χ0n) is 13.1. The number of aliphatic hydroxyl groups is 1. The molecule has 0 saturated carbocycles. The highest BCUT2D eigenvalue weighted by Gasteiger charge is 2.15. The molecule has 2 N–H and O–H groups in total. The van der Waals surface area contributed by atoms with Crippen LogP contribution in [0.4, 0.5) is 4.39 Å². The monoisotopic (exact) mass is 295 g/mol. The Morgan fingerprint density at radius 2 is 1.90 bits per heavy atom. The molecule has 2 atom stereocenters. The van der Waals surface area contributed by atoms with Crippen molar-refractivity contribution >= 4 is 5.91 Å². The van der Waals surface area contributed by atoms with Crippen LogP contribution in [0.5, 0.6) is 0 Å². The molecule has 1 rings (SSSR count). The van der Waals surface area contributed by atoms with Crippen LogP contribution in [-0.4, -0.2) is 23.7 Å². The molecule has 1 amide bonds. The van der Waals surface area contributed by atoms with Crippen molar-refractivity contribution in [3.8, 4) is 0 Å². The number of hydrogen-bond donors (Lipinski definition) is 2. The number of aryl methyl sites for hydroxylation is 1. The van der Waals surface area contributed by atoms with Gasteiger partial charge in [-0.05, 0) is 36.8 Å². The molecule has 0 bridgehead atoms. The number of carbonyl (C=O) groups is 1. The van der Waals surface area contributed by atoms with Crippen LogP contribution < -0.4 is 5.32 Å². The lowest BCUT2D eigenvalue weighted by Crippen LogP contribution is -2.32. The highest BCUT2D eigenvalue weighted by molar-refractivity contribution is 5.78. The lowest BCUT2D eigenvalue weighted by atomic mass is 9.99. The molecule has 0 spiro atoms. The second-order valence-electron chi connectivity index (χ2n) is 5.92. The fraction of sp³-hybridized carbons (Fsp3) is 0.588. The fourth-order valence-corrected chi connectivity index (χ4v) is 2.06. The van der Waals surface area contributed by atoms with Gasteiger partial charge in [-0.25, -0.2) is 4.39 Å². The Bertz CT molecular complexity index is 448. The van der Waals surface area contributed by atoms with Crippen LogP contribution in [0.3, 0.4) is 0 Å². The number of carbonyl (C=O) groups excluding carboxylic acids is 1. The van der Waals surface area contributed by atoms with Crippen molar-refractivity contribution in [1.29, 1.82) is 0 Å². The van der Waals surface area contributed by atoms with E-state index in [1.165, 1.54) is 6.07 Å². The van der Waals surface area contributed by atoms with E-state index in [2.05, 4.69) is 5.32 Å². The topological polar surface area (TPSA) is 49.3 Å². The number of rotatable bonds is 8. The summed E-state index contributed by atoms with van der Waals surface area (Å²) in [6, 6.07) is 6.65. The lowest BCUT2D eigenvalue weighted by molar-refractivity contribution is -0.124. The molecule has 0 aliphatic rings. The van der Waals surface area contributed by atoms with Crippen molar-refractivity contribution < 1.29 is 14.3 Å². The van der Waals surface area contributed by atoms with Gasteiger partial charge in [0, 0.05) is 12.5 Å². The Morgan fingerprint density at radius 3 is 2.52 bits per heavy atom. The molecule has 4 heteroatoms. The molecule has 0 aliphatic carbocycles. The van der Waals surface area contributed by atoms with Gasteiger partial charge in [0.05, 0.1) is 6.10 Å². The van der Waals surface area contributed by atoms with Crippen molar-refractivity contribution in [2.45, 2.75) is 46.1 Å². The summed E-state index contributed by atoms with van der Waals surface area (Å²) in [5.74, 6) is -0.228. The summed E-state index contributed by atoms with van der Waals surface area (Å²) in [5.41, 5.74) is 0.646. The van der Waals surface area contributed by atoms with Crippen molar-refractivity contribution in [1.82, 2.24) is 5.32 Å². The third-order valence-corrected chi connectivity index (χ3v) is 3.76. The normalized spacial score (nSPS) is 14.0. The van der Waals surface area contributed by atoms with Crippen LogP contribution in [0.1, 0.15) is 39.2 Å². The Balaban J connectivity index is 2.30. The number of aliphatic hydroxyl groups excluding tert-OH is 1. The number of amides is 1. The van der Waals surface area contributed by atoms with Crippen molar-refractivity contribution in [3.05, 3.63) is 35.6 Å². The van der Waals surface area contributed by atoms with Crippen LogP contribution in [0.25, 0.3) is 0 Å². The molecule has 1 aromatic rings. The summed E-state index contributed by atoms with van der Waals surface area (Å²) >= 11 is 0. The molecule has 3 nitrogen and oxygen atoms in total. The first-order valence-electron chi connectivity index (χ1n) is 7.61. The molecule has 1 aromatic carbocycles. The van der Waals surface area contributed by atoms with Crippen LogP contribution in [-0.2, 0) is 11.2 Å². The van der Waals surface area contributed by atoms with E-state index in [9.17, 15) is 14.3 Å². The Hall–Kier alpha value is -1.42. The molecule has 0 radical (unpaired) electrons. The summed E-state index contributed by atoms with van der Waals surface area (Å²) < 4.78 is 13.5. The number of nitrogens with one attached hydrogen (secondary N) is 1. The molecular weight excluding hydrogens is 269 g/mol. The SMILES string of the molecule is CC(CCc1ccccc1F)C(=O)NCCC(O)C(C)C. The van der Waals surface area contributed by atoms with E-state index in [4.69, 9.17) is 0 Å². The first-order chi connectivity index (χ1) is 9.91. The van der Waals surface area contributed by atoms with Gasteiger partial charge < -0.3 is 10.4 Å². The maximum Gasteiger partial charge on any atom is 0.222 e. The van der Waals surface area contributed by atoms with Crippen molar-refractivity contribution in [2.24, 2.45) is 11.8 Å². The van der Waals surface area contributed by atoms with Crippen LogP contribution in [0.2, 0.25) is 0 Å². The summed E-state index contributed by atoms with van der Waals surface area (Å²) in [5, 5.41) is 12.5. The number of hydrogen-bond acceptors (Lipinski definition) is 2. The molecule has 21 heavy (non-hydrogen) atoms. The molecule has 0 heterocycles. The van der Waals surface area contributed by atoms with E-state index in [1.54, 1.807) is 18.2 Å². The van der Waals surface area contributed by atoms with E-state index >= 15 is 0 Å². The molecule has 0 fully saturated rings. The molecule has 0 aromatic heterocycles. The summed E-state index contributed by atoms with van der Waals surface area (Å²) in [6.45, 7) is 6.21. The average Bonchev–Trinajstić information content (AvgIpc) is 2.45. The highest BCUT2D eigenvalue weighted by Crippen LogP contribution is 2.13. The molecule has 118 valence electrons. The van der Waals surface area contributed by atoms with Gasteiger partial charge in [-0.3, -0.25) is 4.79 Å². The Labute approximate surface area is 126 Å². The van der Waals surface area contributed by atoms with E-state index in [0.29, 0.717) is 31.4 Å². The van der Waals surface area contributed by atoms with Gasteiger partial charge in [-0.2, -0.15) is 0 Å². The second kappa shape index (κ2) is 8.78. The second-order valence-corrected chi connectivity index (χ2v) is 5.92. The van der Waals surface area contributed by atoms with Gasteiger partial charge in [-0.1, -0.05) is 39.0 Å². The summed E-state index contributed by atoms with van der Waals surface area (Å²) in [6.07, 6.45) is 1.33. The van der Waals surface area contributed by atoms with Gasteiger partial charge in [0.2, 0.25) is 5.91 Å². The minimum absolute atomic E-state index is 0.0395. The van der Waals surface area contributed by atoms with Crippen molar-refractivity contribution in [2.75, 3.05) is 6.54 Å². The third-order valence-electron chi connectivity index (χ3n) is 3.76. The van der Waals surface area contributed by atoms with E-state index in [-0.39, 0.29) is 29.7 Å². The zero-order chi connectivity index (χ0) is 15.8. The van der Waals surface area contributed by atoms with Crippen LogP contribution in [0.15, 0.2) is 24.3 Å². The standard InChI is InChI=1S/C17H26FNO2/c1-12(2)16(20)10-11-19-17(21)13(3)8-9-14-6-4-5-7-15(14)18/h4-7,12-13,16,20H,8-11H2,1-3H3,(H,19,21). The highest BCUT2D eigenvalue weighted by atomic mass is 19.1. The smallest absolute Gasteiger partial charge is 0.222 e. The molecule has 2 unspecified atom stereocenters. The molecular formula is C17H26FNO2. The quantitative estimate of drug-likeness (QED) is 0.774. The molecule has 0 saturated heterocycles. The first kappa shape index (κ1) is 17.6. The first-order valence-corrected chi connectivity index (χ1v) is 7.61. The van der Waals surface area contributed by atoms with Gasteiger partial charge in [0.15, 0.2) is 0 Å². The maximum atomic E-state index is 13.5. The largest absolute Gasteiger partial charge is 0.393 e. The summed E-state index contributed by atoms with van der Waals surface area (Å²) in [4.78, 5) is 11.9. The van der Waals surface area contributed by atoms with Crippen LogP contribution >= 0.6 is 0 Å². The predicted octanol–water partition coefficient (Wildman–Crippen LogP) is 2.92. The Kier molecular flexibility index (Phi) is 7.37. The van der Waals surface area contributed by atoms with Crippen molar-refractivity contribution in [3.63, 3.8) is 0 Å². The Morgan fingerprint density at radius 1 is 1.24 bits per heavy atom. The average molecular weight is 295 g/mol. The van der Waals surface area contributed by atoms with Crippen LogP contribution in [0, 0.1) is 17.7 Å².